The van der Waals surface area contributed by atoms with Crippen LogP contribution in [0.4, 0.5) is 0 Å². The Morgan fingerprint density at radius 3 is 3.00 bits per heavy atom. The Kier molecular flexibility index (Phi) is 2.36. The van der Waals surface area contributed by atoms with Crippen LogP contribution in [0.3, 0.4) is 0 Å². The molecule has 70 valence electrons. The topological polar surface area (TPSA) is 58.6 Å². The van der Waals surface area contributed by atoms with Crippen LogP contribution in [0, 0.1) is 0 Å². The zero-order valence-corrected chi connectivity index (χ0v) is 7.47. The van der Waals surface area contributed by atoms with Crippen LogP contribution in [0.25, 0.3) is 11.4 Å². The molecule has 2 heterocycles. The third-order valence-electron chi connectivity index (χ3n) is 1.85. The normalized spacial score (nSPS) is 10.0. The Morgan fingerprint density at radius 2 is 2.29 bits per heavy atom. The van der Waals surface area contributed by atoms with Gasteiger partial charge in [-0.05, 0) is 12.1 Å². The van der Waals surface area contributed by atoms with Gasteiger partial charge in [0.15, 0.2) is 0 Å². The average molecular weight is 187 g/mol. The van der Waals surface area contributed by atoms with Crippen molar-refractivity contribution in [3.05, 3.63) is 36.4 Å². The van der Waals surface area contributed by atoms with Gasteiger partial charge in [0.1, 0.15) is 12.1 Å². The number of hydrogen-bond acceptors (Lipinski definition) is 3. The molecule has 0 saturated carbocycles. The Bertz CT molecular complexity index is 422. The van der Waals surface area contributed by atoms with Gasteiger partial charge in [-0.1, -0.05) is 6.07 Å². The number of pyridine rings is 1. The maximum absolute atomic E-state index is 10.2. The number of nitrogens with one attached hydrogen (secondary N) is 1. The third kappa shape index (κ3) is 1.69. The van der Waals surface area contributed by atoms with Crippen molar-refractivity contribution >= 4 is 6.29 Å². The first kappa shape index (κ1) is 8.62. The molecule has 0 fully saturated rings. The van der Waals surface area contributed by atoms with Crippen molar-refractivity contribution in [2.75, 3.05) is 0 Å². The van der Waals surface area contributed by atoms with Crippen molar-refractivity contribution in [1.82, 2.24) is 15.0 Å². The largest absolute Gasteiger partial charge is 0.340 e. The summed E-state index contributed by atoms with van der Waals surface area (Å²) < 4.78 is 0. The molecule has 0 amide bonds. The van der Waals surface area contributed by atoms with Crippen LogP contribution in [-0.4, -0.2) is 21.2 Å². The van der Waals surface area contributed by atoms with E-state index in [1.54, 1.807) is 12.4 Å². The molecule has 14 heavy (non-hydrogen) atoms. The van der Waals surface area contributed by atoms with Crippen LogP contribution in [0.2, 0.25) is 0 Å². The fourth-order valence-electron chi connectivity index (χ4n) is 1.20. The number of carbonyl (C=O) groups excluding carboxylic acids is 1. The molecule has 4 nitrogen and oxygen atoms in total. The lowest BCUT2D eigenvalue weighted by atomic mass is 10.3. The van der Waals surface area contributed by atoms with Crippen molar-refractivity contribution < 1.29 is 4.79 Å². The number of aromatic nitrogens is 3. The quantitative estimate of drug-likeness (QED) is 0.735. The van der Waals surface area contributed by atoms with E-state index in [0.717, 1.165) is 17.7 Å². The number of carbonyl (C=O) groups is 1. The first-order valence-corrected chi connectivity index (χ1v) is 4.29. The number of hydrogen-bond donors (Lipinski definition) is 1. The summed E-state index contributed by atoms with van der Waals surface area (Å²) >= 11 is 0. The van der Waals surface area contributed by atoms with Gasteiger partial charge < -0.3 is 9.78 Å². The minimum Gasteiger partial charge on any atom is -0.340 e. The summed E-state index contributed by atoms with van der Waals surface area (Å²) in [5.74, 6) is 0.667. The fraction of sp³-hybridized carbons (Fsp3) is 0.100. The summed E-state index contributed by atoms with van der Waals surface area (Å²) in [6, 6.07) is 5.65. The second-order valence-corrected chi connectivity index (χ2v) is 2.83. The number of nitrogens with zero attached hydrogens (tertiary/aromatic N) is 2. The van der Waals surface area contributed by atoms with E-state index in [2.05, 4.69) is 15.0 Å². The van der Waals surface area contributed by atoms with Gasteiger partial charge in [0.05, 0.1) is 24.0 Å². The van der Waals surface area contributed by atoms with Crippen molar-refractivity contribution in [1.29, 1.82) is 0 Å². The van der Waals surface area contributed by atoms with Gasteiger partial charge in [0, 0.05) is 6.20 Å². The number of imidazole rings is 1. The van der Waals surface area contributed by atoms with Crippen LogP contribution in [0.15, 0.2) is 30.6 Å². The molecule has 0 saturated heterocycles. The predicted molar refractivity (Wildman–Crippen MR) is 51.6 cm³/mol. The lowest BCUT2D eigenvalue weighted by Crippen LogP contribution is -1.88. The van der Waals surface area contributed by atoms with Crippen molar-refractivity contribution in [2.45, 2.75) is 6.42 Å². The van der Waals surface area contributed by atoms with Crippen LogP contribution >= 0.6 is 0 Å². The van der Waals surface area contributed by atoms with E-state index in [9.17, 15) is 4.79 Å². The highest BCUT2D eigenvalue weighted by molar-refractivity contribution is 5.56. The lowest BCUT2D eigenvalue weighted by molar-refractivity contribution is -0.107. The van der Waals surface area contributed by atoms with Crippen LogP contribution in [0.1, 0.15) is 5.82 Å². The Morgan fingerprint density at radius 1 is 1.36 bits per heavy atom. The molecule has 0 aliphatic rings. The molecule has 0 aliphatic carbocycles. The molecule has 2 aromatic rings. The van der Waals surface area contributed by atoms with Gasteiger partial charge in [-0.2, -0.15) is 0 Å². The van der Waals surface area contributed by atoms with E-state index < -0.39 is 0 Å². The molecule has 1 N–H and O–H groups in total. The van der Waals surface area contributed by atoms with Crippen molar-refractivity contribution in [3.8, 4) is 11.4 Å². The molecular weight excluding hydrogens is 178 g/mol. The van der Waals surface area contributed by atoms with Gasteiger partial charge in [0.25, 0.3) is 0 Å². The highest BCUT2D eigenvalue weighted by Gasteiger charge is 2.02. The molecular formula is C10H9N3O. The van der Waals surface area contributed by atoms with Crippen LogP contribution in [0.5, 0.6) is 0 Å². The minimum absolute atomic E-state index is 0.312. The van der Waals surface area contributed by atoms with E-state index in [1.807, 2.05) is 18.2 Å². The number of aldehydes is 1. The van der Waals surface area contributed by atoms with Crippen LogP contribution in [-0.2, 0) is 11.2 Å². The van der Waals surface area contributed by atoms with E-state index in [-0.39, 0.29) is 0 Å². The molecule has 0 atom stereocenters. The third-order valence-corrected chi connectivity index (χ3v) is 1.85. The number of aromatic amines is 1. The first-order chi connectivity index (χ1) is 6.90. The summed E-state index contributed by atoms with van der Waals surface area (Å²) in [5.41, 5.74) is 1.67. The van der Waals surface area contributed by atoms with Gasteiger partial charge in [-0.3, -0.25) is 4.98 Å². The van der Waals surface area contributed by atoms with Crippen LogP contribution < -0.4 is 0 Å². The Labute approximate surface area is 81.0 Å². The Balaban J connectivity index is 2.29. The minimum atomic E-state index is 0.312. The van der Waals surface area contributed by atoms with Crippen molar-refractivity contribution in [2.24, 2.45) is 0 Å². The van der Waals surface area contributed by atoms with E-state index in [4.69, 9.17) is 0 Å². The monoisotopic (exact) mass is 187 g/mol. The van der Waals surface area contributed by atoms with Gasteiger partial charge in [-0.15, -0.1) is 0 Å². The highest BCUT2D eigenvalue weighted by atomic mass is 16.1. The maximum Gasteiger partial charge on any atom is 0.127 e. The summed E-state index contributed by atoms with van der Waals surface area (Å²) in [7, 11) is 0. The number of rotatable bonds is 3. The molecule has 0 spiro atoms. The molecule has 0 bridgehead atoms. The fourth-order valence-corrected chi connectivity index (χ4v) is 1.20. The highest BCUT2D eigenvalue weighted by Crippen LogP contribution is 2.12. The SMILES string of the molecule is O=CCc1ncc(-c2ccccn2)[nH]1. The average Bonchev–Trinajstić information content (AvgIpc) is 2.68. The lowest BCUT2D eigenvalue weighted by Gasteiger charge is -1.93. The summed E-state index contributed by atoms with van der Waals surface area (Å²) in [5, 5.41) is 0. The summed E-state index contributed by atoms with van der Waals surface area (Å²) in [6.07, 6.45) is 4.53. The zero-order chi connectivity index (χ0) is 9.80. The summed E-state index contributed by atoms with van der Waals surface area (Å²) in [4.78, 5) is 21.5. The molecule has 0 aliphatic heterocycles. The predicted octanol–water partition coefficient (Wildman–Crippen LogP) is 1.21. The van der Waals surface area contributed by atoms with Gasteiger partial charge >= 0.3 is 0 Å². The van der Waals surface area contributed by atoms with Gasteiger partial charge in [0.2, 0.25) is 0 Å². The molecule has 0 aromatic carbocycles. The molecule has 2 rings (SSSR count). The maximum atomic E-state index is 10.2. The molecule has 2 aromatic heterocycles. The number of H-pyrrole nitrogens is 1. The van der Waals surface area contributed by atoms with Crippen molar-refractivity contribution in [3.63, 3.8) is 0 Å². The second-order valence-electron chi connectivity index (χ2n) is 2.83. The van der Waals surface area contributed by atoms with E-state index in [0.29, 0.717) is 12.2 Å². The Hall–Kier alpha value is -1.97. The van der Waals surface area contributed by atoms with E-state index in [1.165, 1.54) is 0 Å². The first-order valence-electron chi connectivity index (χ1n) is 4.29. The molecule has 0 radical (unpaired) electrons. The summed E-state index contributed by atoms with van der Waals surface area (Å²) in [6.45, 7) is 0. The standard InChI is InChI=1S/C10H9N3O/c14-6-4-10-12-7-9(13-10)8-3-1-2-5-11-8/h1-3,5-7H,4H2,(H,12,13). The van der Waals surface area contributed by atoms with E-state index >= 15 is 0 Å². The second kappa shape index (κ2) is 3.83. The van der Waals surface area contributed by atoms with Gasteiger partial charge in [-0.25, -0.2) is 4.98 Å². The smallest absolute Gasteiger partial charge is 0.127 e. The molecule has 4 heteroatoms. The zero-order valence-electron chi connectivity index (χ0n) is 7.47. The molecule has 0 unspecified atom stereocenters.